The zero-order valence-electron chi connectivity index (χ0n) is 10.8. The lowest BCUT2D eigenvalue weighted by Gasteiger charge is -2.15. The van der Waals surface area contributed by atoms with E-state index in [2.05, 4.69) is 20.1 Å². The Hall–Kier alpha value is -2.03. The highest BCUT2D eigenvalue weighted by atomic mass is 32.2. The molecule has 0 amide bonds. The molecule has 0 spiro atoms. The molecule has 0 aromatic carbocycles. The summed E-state index contributed by atoms with van der Waals surface area (Å²) in [5.41, 5.74) is 2.90. The highest BCUT2D eigenvalue weighted by Gasteiger charge is 2.22. The van der Waals surface area contributed by atoms with Crippen LogP contribution in [0.1, 0.15) is 18.7 Å². The first kappa shape index (κ1) is 14.4. The normalized spacial score (nSPS) is 12.9. The van der Waals surface area contributed by atoms with Crippen molar-refractivity contribution in [2.75, 3.05) is 5.43 Å². The van der Waals surface area contributed by atoms with Gasteiger partial charge in [0.2, 0.25) is 10.0 Å². The molecule has 2 heterocycles. The number of rotatable bonds is 5. The lowest BCUT2D eigenvalue weighted by Crippen LogP contribution is -2.28. The van der Waals surface area contributed by atoms with Crippen LogP contribution in [0.15, 0.2) is 47.6 Å². The summed E-state index contributed by atoms with van der Waals surface area (Å²) in [5.74, 6) is 5.36. The number of aromatic nitrogens is 2. The van der Waals surface area contributed by atoms with Gasteiger partial charge in [-0.25, -0.2) is 24.0 Å². The molecule has 106 valence electrons. The second-order valence-electron chi connectivity index (χ2n) is 4.09. The van der Waals surface area contributed by atoms with E-state index in [0.29, 0.717) is 5.69 Å². The smallest absolute Gasteiger partial charge is 0.244 e. The van der Waals surface area contributed by atoms with Crippen LogP contribution in [0.2, 0.25) is 0 Å². The van der Waals surface area contributed by atoms with Crippen molar-refractivity contribution in [2.45, 2.75) is 17.9 Å². The van der Waals surface area contributed by atoms with Crippen molar-refractivity contribution >= 4 is 15.8 Å². The predicted molar refractivity (Wildman–Crippen MR) is 75.0 cm³/mol. The molecule has 0 aliphatic carbocycles. The van der Waals surface area contributed by atoms with Crippen molar-refractivity contribution < 1.29 is 8.42 Å². The highest BCUT2D eigenvalue weighted by Crippen LogP contribution is 2.19. The minimum Gasteiger partial charge on any atom is -0.307 e. The van der Waals surface area contributed by atoms with Crippen LogP contribution in [0.3, 0.4) is 0 Å². The van der Waals surface area contributed by atoms with E-state index in [0.717, 1.165) is 0 Å². The van der Waals surface area contributed by atoms with E-state index in [1.54, 1.807) is 31.3 Å². The maximum Gasteiger partial charge on any atom is 0.244 e. The number of nitrogens with zero attached hydrogens (tertiary/aromatic N) is 2. The van der Waals surface area contributed by atoms with Crippen LogP contribution in [0, 0.1) is 0 Å². The molecular formula is C12H15N5O2S. The van der Waals surface area contributed by atoms with Gasteiger partial charge in [-0.2, -0.15) is 0 Å². The Morgan fingerprint density at radius 2 is 1.90 bits per heavy atom. The Labute approximate surface area is 117 Å². The van der Waals surface area contributed by atoms with Crippen molar-refractivity contribution in [1.82, 2.24) is 14.7 Å². The van der Waals surface area contributed by atoms with E-state index in [1.807, 2.05) is 0 Å². The number of hydrogen-bond donors (Lipinski definition) is 3. The first-order valence-corrected chi connectivity index (χ1v) is 7.38. The maximum atomic E-state index is 12.3. The molecular weight excluding hydrogens is 278 g/mol. The Morgan fingerprint density at radius 1 is 1.15 bits per heavy atom. The van der Waals surface area contributed by atoms with Crippen LogP contribution in [0.5, 0.6) is 0 Å². The summed E-state index contributed by atoms with van der Waals surface area (Å²) in [6.07, 6.45) is 3.06. The summed E-state index contributed by atoms with van der Waals surface area (Å²) in [6.45, 7) is 1.71. The minimum absolute atomic E-state index is 0.00900. The molecule has 7 nitrogen and oxygen atoms in total. The average molecular weight is 293 g/mol. The number of nitrogens with one attached hydrogen (secondary N) is 2. The van der Waals surface area contributed by atoms with Crippen molar-refractivity contribution in [3.63, 3.8) is 0 Å². The van der Waals surface area contributed by atoms with Gasteiger partial charge in [0, 0.05) is 12.4 Å². The minimum atomic E-state index is -3.75. The van der Waals surface area contributed by atoms with Crippen LogP contribution < -0.4 is 16.0 Å². The van der Waals surface area contributed by atoms with Crippen molar-refractivity contribution in [3.05, 3.63) is 48.4 Å². The van der Waals surface area contributed by atoms with Crippen LogP contribution in [0.4, 0.5) is 5.82 Å². The summed E-state index contributed by atoms with van der Waals surface area (Å²) in [7, 11) is -3.75. The number of sulfonamides is 1. The maximum absolute atomic E-state index is 12.3. The third-order valence-corrected chi connectivity index (χ3v) is 4.23. The van der Waals surface area contributed by atoms with Crippen LogP contribution >= 0.6 is 0 Å². The van der Waals surface area contributed by atoms with Gasteiger partial charge in [-0.15, -0.1) is 0 Å². The summed E-state index contributed by atoms with van der Waals surface area (Å²) in [5, 5.41) is 0. The van der Waals surface area contributed by atoms with Gasteiger partial charge in [-0.05, 0) is 31.2 Å². The summed E-state index contributed by atoms with van der Waals surface area (Å²) >= 11 is 0. The van der Waals surface area contributed by atoms with Gasteiger partial charge in [0.25, 0.3) is 0 Å². The second kappa shape index (κ2) is 5.95. The molecule has 8 heteroatoms. The number of nitrogen functional groups attached to an aromatic ring is 1. The summed E-state index contributed by atoms with van der Waals surface area (Å²) < 4.78 is 27.2. The third-order valence-electron chi connectivity index (χ3n) is 2.66. The van der Waals surface area contributed by atoms with Gasteiger partial charge >= 0.3 is 0 Å². The third kappa shape index (κ3) is 3.10. The van der Waals surface area contributed by atoms with Crippen LogP contribution in [-0.4, -0.2) is 18.4 Å². The Balaban J connectivity index is 2.28. The number of nitrogens with two attached hydrogens (primary N) is 1. The quantitative estimate of drug-likeness (QED) is 0.555. The van der Waals surface area contributed by atoms with Crippen molar-refractivity contribution in [3.8, 4) is 0 Å². The molecule has 1 atom stereocenters. The molecule has 4 N–H and O–H groups in total. The van der Waals surface area contributed by atoms with E-state index >= 15 is 0 Å². The zero-order valence-corrected chi connectivity index (χ0v) is 11.6. The zero-order chi connectivity index (χ0) is 14.6. The number of hydrogen-bond acceptors (Lipinski definition) is 6. The van der Waals surface area contributed by atoms with Gasteiger partial charge in [0.1, 0.15) is 4.90 Å². The van der Waals surface area contributed by atoms with Crippen molar-refractivity contribution in [2.24, 2.45) is 5.84 Å². The lowest BCUT2D eigenvalue weighted by atomic mass is 10.2. The van der Waals surface area contributed by atoms with E-state index in [1.165, 1.54) is 18.3 Å². The molecule has 0 fully saturated rings. The predicted octanol–water partition coefficient (Wildman–Crippen LogP) is 0.802. The van der Waals surface area contributed by atoms with Crippen LogP contribution in [-0.2, 0) is 10.0 Å². The Morgan fingerprint density at radius 3 is 2.55 bits per heavy atom. The first-order valence-electron chi connectivity index (χ1n) is 5.89. The highest BCUT2D eigenvalue weighted by molar-refractivity contribution is 7.89. The van der Waals surface area contributed by atoms with Gasteiger partial charge < -0.3 is 5.43 Å². The van der Waals surface area contributed by atoms with Crippen molar-refractivity contribution in [1.29, 1.82) is 0 Å². The van der Waals surface area contributed by atoms with E-state index in [-0.39, 0.29) is 10.7 Å². The monoisotopic (exact) mass is 293 g/mol. The number of anilines is 1. The fourth-order valence-corrected chi connectivity index (χ4v) is 3.04. The number of pyridine rings is 2. The lowest BCUT2D eigenvalue weighted by molar-refractivity contribution is 0.564. The molecule has 1 unspecified atom stereocenters. The Bertz CT molecular complexity index is 675. The van der Waals surface area contributed by atoms with E-state index < -0.39 is 16.1 Å². The van der Waals surface area contributed by atoms with E-state index in [9.17, 15) is 8.42 Å². The molecule has 0 saturated heterocycles. The fourth-order valence-electron chi connectivity index (χ4n) is 1.70. The van der Waals surface area contributed by atoms with Gasteiger partial charge in [0.15, 0.2) is 5.82 Å². The molecule has 2 rings (SSSR count). The molecule has 0 aliphatic rings. The molecule has 20 heavy (non-hydrogen) atoms. The van der Waals surface area contributed by atoms with E-state index in [4.69, 9.17) is 5.84 Å². The topological polar surface area (TPSA) is 110 Å². The fraction of sp³-hybridized carbons (Fsp3) is 0.167. The van der Waals surface area contributed by atoms with Gasteiger partial charge in [-0.1, -0.05) is 6.07 Å². The molecule has 0 radical (unpaired) electrons. The Kier molecular flexibility index (Phi) is 4.28. The largest absolute Gasteiger partial charge is 0.307 e. The van der Waals surface area contributed by atoms with Gasteiger partial charge in [-0.3, -0.25) is 4.98 Å². The second-order valence-corrected chi connectivity index (χ2v) is 5.77. The standard InChI is InChI=1S/C12H15N5O2S/c1-9(10-5-2-3-7-14-10)17-20(18,19)11-6-4-8-15-12(11)16-13/h2-9,17H,13H2,1H3,(H,15,16). The molecule has 2 aromatic heterocycles. The summed E-state index contributed by atoms with van der Waals surface area (Å²) in [6, 6.07) is 7.80. The molecule has 2 aromatic rings. The number of hydrazine groups is 1. The molecule has 0 bridgehead atoms. The SMILES string of the molecule is CC(NS(=O)(=O)c1cccnc1NN)c1ccccn1. The van der Waals surface area contributed by atoms with Gasteiger partial charge in [0.05, 0.1) is 11.7 Å². The molecule has 0 aliphatic heterocycles. The average Bonchev–Trinajstić information content (AvgIpc) is 2.47. The first-order chi connectivity index (χ1) is 9.54. The summed E-state index contributed by atoms with van der Waals surface area (Å²) in [4.78, 5) is 7.98. The molecule has 0 saturated carbocycles. The van der Waals surface area contributed by atoms with Crippen LogP contribution in [0.25, 0.3) is 0 Å².